The number of nitrogens with one attached hydrogen (secondary N) is 2. The standard InChI is InChI=1S/C12H9N5O3/c18-12-10-11(14-6-15-12)16-9(5-13-10)7-1-3-8(4-2-7)17(19)20/h1-4,6,13H,5H2,(H,14,15,18). The average molecular weight is 271 g/mol. The minimum absolute atomic E-state index is 0.0214. The summed E-state index contributed by atoms with van der Waals surface area (Å²) in [5, 5.41) is 13.6. The zero-order valence-electron chi connectivity index (χ0n) is 10.2. The first kappa shape index (κ1) is 12.0. The van der Waals surface area contributed by atoms with Gasteiger partial charge in [-0.2, -0.15) is 0 Å². The van der Waals surface area contributed by atoms with Gasteiger partial charge < -0.3 is 10.3 Å². The van der Waals surface area contributed by atoms with Gasteiger partial charge in [-0.25, -0.2) is 9.98 Å². The molecule has 0 radical (unpaired) electrons. The molecule has 2 aromatic rings. The van der Waals surface area contributed by atoms with Crippen LogP contribution in [0.5, 0.6) is 0 Å². The molecule has 0 aliphatic carbocycles. The van der Waals surface area contributed by atoms with Gasteiger partial charge in [0.05, 0.1) is 23.5 Å². The second-order valence-electron chi connectivity index (χ2n) is 4.15. The molecular formula is C12H9N5O3. The number of hydrogen-bond acceptors (Lipinski definition) is 6. The Hall–Kier alpha value is -3.03. The lowest BCUT2D eigenvalue weighted by Crippen LogP contribution is -2.24. The zero-order chi connectivity index (χ0) is 14.1. The van der Waals surface area contributed by atoms with Crippen molar-refractivity contribution in [1.82, 2.24) is 9.97 Å². The van der Waals surface area contributed by atoms with Gasteiger partial charge in [-0.1, -0.05) is 0 Å². The summed E-state index contributed by atoms with van der Waals surface area (Å²) in [5.41, 5.74) is 1.49. The maximum atomic E-state index is 11.5. The molecule has 2 N–H and O–H groups in total. The maximum absolute atomic E-state index is 11.5. The van der Waals surface area contributed by atoms with Gasteiger partial charge in [-0.05, 0) is 17.7 Å². The van der Waals surface area contributed by atoms with Crippen LogP contribution in [0.4, 0.5) is 17.2 Å². The number of nitro benzene ring substituents is 1. The third-order valence-electron chi connectivity index (χ3n) is 2.92. The predicted molar refractivity (Wildman–Crippen MR) is 72.6 cm³/mol. The van der Waals surface area contributed by atoms with Gasteiger partial charge in [-0.3, -0.25) is 14.9 Å². The Balaban J connectivity index is 2.00. The summed E-state index contributed by atoms with van der Waals surface area (Å²) < 4.78 is 0. The first-order valence-electron chi connectivity index (χ1n) is 5.79. The number of nitro groups is 1. The first-order valence-corrected chi connectivity index (χ1v) is 5.79. The van der Waals surface area contributed by atoms with Crippen molar-refractivity contribution in [2.45, 2.75) is 0 Å². The van der Waals surface area contributed by atoms with E-state index in [1.54, 1.807) is 12.1 Å². The number of anilines is 1. The van der Waals surface area contributed by atoms with E-state index in [0.717, 1.165) is 5.56 Å². The summed E-state index contributed by atoms with van der Waals surface area (Å²) in [4.78, 5) is 32.4. The van der Waals surface area contributed by atoms with Crippen LogP contribution < -0.4 is 10.9 Å². The molecule has 0 atom stereocenters. The van der Waals surface area contributed by atoms with Crippen molar-refractivity contribution in [3.8, 4) is 0 Å². The largest absolute Gasteiger partial charge is 0.372 e. The minimum Gasteiger partial charge on any atom is -0.372 e. The second-order valence-corrected chi connectivity index (χ2v) is 4.15. The topological polar surface area (TPSA) is 113 Å². The highest BCUT2D eigenvalue weighted by atomic mass is 16.6. The molecule has 8 nitrogen and oxygen atoms in total. The summed E-state index contributed by atoms with van der Waals surface area (Å²) in [6.45, 7) is 0.361. The second kappa shape index (κ2) is 4.57. The molecule has 0 fully saturated rings. The third kappa shape index (κ3) is 2.03. The minimum atomic E-state index is -0.457. The molecule has 2 heterocycles. The van der Waals surface area contributed by atoms with E-state index in [0.29, 0.717) is 23.8 Å². The number of rotatable bonds is 2. The number of fused-ring (bicyclic) bond motifs is 1. The van der Waals surface area contributed by atoms with E-state index in [2.05, 4.69) is 20.3 Å². The van der Waals surface area contributed by atoms with Gasteiger partial charge >= 0.3 is 0 Å². The summed E-state index contributed by atoms with van der Waals surface area (Å²) >= 11 is 0. The van der Waals surface area contributed by atoms with Crippen LogP contribution >= 0.6 is 0 Å². The number of benzene rings is 1. The van der Waals surface area contributed by atoms with Gasteiger partial charge in [0.1, 0.15) is 5.69 Å². The van der Waals surface area contributed by atoms with Crippen molar-refractivity contribution in [2.75, 3.05) is 11.9 Å². The van der Waals surface area contributed by atoms with Crippen LogP contribution in [0.15, 0.2) is 40.4 Å². The van der Waals surface area contributed by atoms with E-state index in [1.165, 1.54) is 18.5 Å². The smallest absolute Gasteiger partial charge is 0.276 e. The quantitative estimate of drug-likeness (QED) is 0.629. The van der Waals surface area contributed by atoms with Crippen LogP contribution in [0.3, 0.4) is 0 Å². The van der Waals surface area contributed by atoms with E-state index in [4.69, 9.17) is 0 Å². The average Bonchev–Trinajstić information content (AvgIpc) is 2.47. The molecule has 1 aromatic carbocycles. The Morgan fingerprint density at radius 3 is 2.70 bits per heavy atom. The van der Waals surface area contributed by atoms with E-state index in [-0.39, 0.29) is 11.2 Å². The lowest BCUT2D eigenvalue weighted by Gasteiger charge is -2.15. The molecule has 100 valence electrons. The molecule has 1 aliphatic heterocycles. The van der Waals surface area contributed by atoms with E-state index in [1.807, 2.05) is 0 Å². The Morgan fingerprint density at radius 2 is 2.00 bits per heavy atom. The number of hydrogen-bond donors (Lipinski definition) is 2. The Kier molecular flexibility index (Phi) is 2.75. The van der Waals surface area contributed by atoms with Crippen molar-refractivity contribution in [3.05, 3.63) is 56.6 Å². The van der Waals surface area contributed by atoms with Crippen LogP contribution in [0.25, 0.3) is 0 Å². The molecular weight excluding hydrogens is 262 g/mol. The fourth-order valence-corrected chi connectivity index (χ4v) is 1.92. The Labute approximate surface area is 112 Å². The first-order chi connectivity index (χ1) is 9.65. The predicted octanol–water partition coefficient (Wildman–Crippen LogP) is 1.22. The van der Waals surface area contributed by atoms with Crippen LogP contribution in [-0.4, -0.2) is 27.1 Å². The van der Waals surface area contributed by atoms with E-state index in [9.17, 15) is 14.9 Å². The third-order valence-corrected chi connectivity index (χ3v) is 2.92. The van der Waals surface area contributed by atoms with Gasteiger partial charge in [0.2, 0.25) is 0 Å². The van der Waals surface area contributed by atoms with Gasteiger partial charge in [0.25, 0.3) is 11.2 Å². The SMILES string of the molecule is O=c1[nH]cnc2c1NCC(c1ccc([N+](=O)[O-])cc1)=N2. The molecule has 8 heteroatoms. The number of aromatic nitrogens is 2. The number of nitrogens with zero attached hydrogens (tertiary/aromatic N) is 3. The monoisotopic (exact) mass is 271 g/mol. The maximum Gasteiger partial charge on any atom is 0.276 e. The normalized spacial score (nSPS) is 13.1. The van der Waals surface area contributed by atoms with Crippen LogP contribution in [0.1, 0.15) is 5.56 Å². The molecule has 0 saturated carbocycles. The molecule has 0 bridgehead atoms. The number of H-pyrrole nitrogens is 1. The number of aliphatic imine (C=N–C) groups is 1. The fraction of sp³-hybridized carbons (Fsp3) is 0.0833. The van der Waals surface area contributed by atoms with Crippen LogP contribution in [0.2, 0.25) is 0 Å². The summed E-state index contributed by atoms with van der Waals surface area (Å²) in [5.74, 6) is 0.313. The van der Waals surface area contributed by atoms with Crippen LogP contribution in [-0.2, 0) is 0 Å². The summed E-state index contributed by atoms with van der Waals surface area (Å²) in [7, 11) is 0. The summed E-state index contributed by atoms with van der Waals surface area (Å²) in [6, 6.07) is 6.07. The van der Waals surface area contributed by atoms with Gasteiger partial charge in [0, 0.05) is 12.1 Å². The molecule has 3 rings (SSSR count). The molecule has 0 saturated heterocycles. The molecule has 0 unspecified atom stereocenters. The Morgan fingerprint density at radius 1 is 1.25 bits per heavy atom. The lowest BCUT2D eigenvalue weighted by molar-refractivity contribution is -0.384. The lowest BCUT2D eigenvalue weighted by atomic mass is 10.1. The van der Waals surface area contributed by atoms with Crippen molar-refractivity contribution >= 4 is 22.9 Å². The van der Waals surface area contributed by atoms with Gasteiger partial charge in [-0.15, -0.1) is 0 Å². The molecule has 0 spiro atoms. The highest BCUT2D eigenvalue weighted by molar-refractivity contribution is 6.06. The molecule has 20 heavy (non-hydrogen) atoms. The van der Waals surface area contributed by atoms with E-state index < -0.39 is 4.92 Å². The zero-order valence-corrected chi connectivity index (χ0v) is 10.2. The highest BCUT2D eigenvalue weighted by Gasteiger charge is 2.17. The van der Waals surface area contributed by atoms with Crippen LogP contribution in [0, 0.1) is 10.1 Å². The van der Waals surface area contributed by atoms with E-state index >= 15 is 0 Å². The fourth-order valence-electron chi connectivity index (χ4n) is 1.92. The number of aromatic amines is 1. The summed E-state index contributed by atoms with van der Waals surface area (Å²) in [6.07, 6.45) is 1.28. The number of non-ortho nitro benzene ring substituents is 1. The van der Waals surface area contributed by atoms with Crippen molar-refractivity contribution in [3.63, 3.8) is 0 Å². The molecule has 1 aliphatic rings. The molecule has 0 amide bonds. The van der Waals surface area contributed by atoms with Crippen molar-refractivity contribution < 1.29 is 4.92 Å². The van der Waals surface area contributed by atoms with Gasteiger partial charge in [0.15, 0.2) is 5.82 Å². The highest BCUT2D eigenvalue weighted by Crippen LogP contribution is 2.22. The molecule has 1 aromatic heterocycles. The Bertz CT molecular complexity index is 763. The van der Waals surface area contributed by atoms with Crippen molar-refractivity contribution in [1.29, 1.82) is 0 Å². The van der Waals surface area contributed by atoms with Crippen molar-refractivity contribution in [2.24, 2.45) is 4.99 Å².